The Bertz CT molecular complexity index is 612. The summed E-state index contributed by atoms with van der Waals surface area (Å²) in [5.41, 5.74) is 1.59. The van der Waals surface area contributed by atoms with E-state index in [2.05, 4.69) is 21.0 Å². The van der Waals surface area contributed by atoms with Crippen LogP contribution in [-0.2, 0) is 13.6 Å². The first-order valence-electron chi connectivity index (χ1n) is 5.65. The average Bonchev–Trinajstić information content (AvgIpc) is 2.77. The number of nitrogens with zero attached hydrogens (tertiary/aromatic N) is 3. The number of halogens is 2. The van der Waals surface area contributed by atoms with Crippen LogP contribution in [0.4, 0.5) is 0 Å². The van der Waals surface area contributed by atoms with Crippen LogP contribution in [0.2, 0.25) is 5.02 Å². The van der Waals surface area contributed by atoms with Gasteiger partial charge in [0.2, 0.25) is 0 Å². The monoisotopic (exact) mass is 341 g/mol. The first-order valence-corrected chi connectivity index (χ1v) is 6.82. The summed E-state index contributed by atoms with van der Waals surface area (Å²) in [6, 6.07) is 5.15. The highest BCUT2D eigenvalue weighted by Gasteiger charge is 2.13. The van der Waals surface area contributed by atoms with Crippen LogP contribution in [0.25, 0.3) is 0 Å². The highest BCUT2D eigenvalue weighted by atomic mass is 79.9. The van der Waals surface area contributed by atoms with Crippen molar-refractivity contribution in [1.82, 2.24) is 14.7 Å². The Morgan fingerprint density at radius 3 is 2.84 bits per heavy atom. The summed E-state index contributed by atoms with van der Waals surface area (Å²) < 4.78 is 2.43. The molecule has 0 spiro atoms. The fourth-order valence-corrected chi connectivity index (χ4v) is 2.25. The van der Waals surface area contributed by atoms with Crippen LogP contribution < -0.4 is 0 Å². The lowest BCUT2D eigenvalue weighted by Gasteiger charge is -2.16. The van der Waals surface area contributed by atoms with E-state index < -0.39 is 0 Å². The zero-order chi connectivity index (χ0) is 14.0. The van der Waals surface area contributed by atoms with E-state index in [9.17, 15) is 4.79 Å². The van der Waals surface area contributed by atoms with E-state index in [4.69, 9.17) is 11.6 Å². The highest BCUT2D eigenvalue weighted by molar-refractivity contribution is 9.10. The molecule has 0 N–H and O–H groups in total. The molecule has 0 atom stereocenters. The van der Waals surface area contributed by atoms with E-state index in [1.165, 1.54) is 0 Å². The average molecular weight is 343 g/mol. The van der Waals surface area contributed by atoms with Crippen LogP contribution in [-0.4, -0.2) is 27.6 Å². The molecule has 1 amide bonds. The minimum atomic E-state index is -0.0544. The maximum absolute atomic E-state index is 12.3. The largest absolute Gasteiger partial charge is 0.337 e. The molecule has 1 aromatic heterocycles. The number of aryl methyl sites for hydroxylation is 1. The first-order chi connectivity index (χ1) is 8.97. The molecule has 2 rings (SSSR count). The number of rotatable bonds is 3. The lowest BCUT2D eigenvalue weighted by molar-refractivity contribution is 0.0785. The third kappa shape index (κ3) is 3.36. The van der Waals surface area contributed by atoms with Crippen molar-refractivity contribution >= 4 is 33.4 Å². The number of hydrogen-bond acceptors (Lipinski definition) is 2. The van der Waals surface area contributed by atoms with Gasteiger partial charge in [0.25, 0.3) is 5.91 Å². The van der Waals surface area contributed by atoms with Crippen LogP contribution >= 0.6 is 27.5 Å². The SMILES string of the molecule is CN(Cc1cnn(C)c1)C(=O)c1ccc(Cl)c(Br)c1. The summed E-state index contributed by atoms with van der Waals surface area (Å²) in [7, 11) is 3.61. The van der Waals surface area contributed by atoms with E-state index in [0.717, 1.165) is 10.0 Å². The molecule has 0 fully saturated rings. The lowest BCUT2D eigenvalue weighted by atomic mass is 10.2. The second-order valence-electron chi connectivity index (χ2n) is 4.31. The maximum Gasteiger partial charge on any atom is 0.253 e. The van der Waals surface area contributed by atoms with Gasteiger partial charge in [0, 0.05) is 42.4 Å². The van der Waals surface area contributed by atoms with Crippen LogP contribution in [0, 0.1) is 0 Å². The zero-order valence-corrected chi connectivity index (χ0v) is 12.9. The number of hydrogen-bond donors (Lipinski definition) is 0. The normalized spacial score (nSPS) is 10.5. The Morgan fingerprint density at radius 1 is 1.53 bits per heavy atom. The summed E-state index contributed by atoms with van der Waals surface area (Å²) in [6.07, 6.45) is 3.64. The molecule has 0 bridgehead atoms. The molecule has 0 aliphatic carbocycles. The van der Waals surface area contributed by atoms with Crippen molar-refractivity contribution < 1.29 is 4.79 Å². The van der Waals surface area contributed by atoms with Crippen LogP contribution in [0.15, 0.2) is 35.1 Å². The van der Waals surface area contributed by atoms with Crippen LogP contribution in [0.1, 0.15) is 15.9 Å². The fraction of sp³-hybridized carbons (Fsp3) is 0.231. The van der Waals surface area contributed by atoms with E-state index in [1.807, 2.05) is 13.2 Å². The second kappa shape index (κ2) is 5.75. The second-order valence-corrected chi connectivity index (χ2v) is 5.57. The molecule has 2 aromatic rings. The highest BCUT2D eigenvalue weighted by Crippen LogP contribution is 2.23. The maximum atomic E-state index is 12.3. The van der Waals surface area contributed by atoms with Gasteiger partial charge in [-0.15, -0.1) is 0 Å². The predicted molar refractivity (Wildman–Crippen MR) is 78.2 cm³/mol. The standard InChI is InChI=1S/C13H13BrClN3O/c1-17(7-9-6-16-18(2)8-9)13(19)10-3-4-12(15)11(14)5-10/h3-6,8H,7H2,1-2H3. The van der Waals surface area contributed by atoms with Gasteiger partial charge in [-0.25, -0.2) is 0 Å². The van der Waals surface area contributed by atoms with Crippen molar-refractivity contribution in [3.05, 3.63) is 51.2 Å². The summed E-state index contributed by atoms with van der Waals surface area (Å²) in [6.45, 7) is 0.521. The van der Waals surface area contributed by atoms with Crippen molar-refractivity contribution in [2.45, 2.75) is 6.54 Å². The molecule has 1 aromatic carbocycles. The van der Waals surface area contributed by atoms with Crippen molar-refractivity contribution in [3.63, 3.8) is 0 Å². The lowest BCUT2D eigenvalue weighted by Crippen LogP contribution is -2.26. The van der Waals surface area contributed by atoms with Gasteiger partial charge in [0.1, 0.15) is 0 Å². The van der Waals surface area contributed by atoms with Gasteiger partial charge in [-0.3, -0.25) is 9.48 Å². The minimum Gasteiger partial charge on any atom is -0.337 e. The Balaban J connectivity index is 2.12. The molecule has 19 heavy (non-hydrogen) atoms. The van der Waals surface area contributed by atoms with Crippen molar-refractivity contribution in [1.29, 1.82) is 0 Å². The van der Waals surface area contributed by atoms with E-state index in [0.29, 0.717) is 17.1 Å². The minimum absolute atomic E-state index is 0.0544. The topological polar surface area (TPSA) is 38.1 Å². The first kappa shape index (κ1) is 14.1. The van der Waals surface area contributed by atoms with E-state index in [1.54, 1.807) is 41.0 Å². The van der Waals surface area contributed by atoms with Gasteiger partial charge in [-0.05, 0) is 34.1 Å². The van der Waals surface area contributed by atoms with Gasteiger partial charge in [-0.1, -0.05) is 11.6 Å². The third-order valence-corrected chi connectivity index (χ3v) is 3.91. The molecule has 0 unspecified atom stereocenters. The summed E-state index contributed by atoms with van der Waals surface area (Å²) >= 11 is 9.23. The van der Waals surface area contributed by atoms with Crippen molar-refractivity contribution in [2.75, 3.05) is 7.05 Å². The molecule has 0 radical (unpaired) electrons. The van der Waals surface area contributed by atoms with Crippen molar-refractivity contribution in [3.8, 4) is 0 Å². The number of carbonyl (C=O) groups is 1. The van der Waals surface area contributed by atoms with E-state index in [-0.39, 0.29) is 5.91 Å². The Kier molecular flexibility index (Phi) is 4.27. The molecule has 0 aliphatic heterocycles. The molecule has 100 valence electrons. The third-order valence-electron chi connectivity index (χ3n) is 2.69. The number of amides is 1. The van der Waals surface area contributed by atoms with Crippen LogP contribution in [0.5, 0.6) is 0 Å². The molecule has 6 heteroatoms. The molecule has 0 aliphatic rings. The summed E-state index contributed by atoms with van der Waals surface area (Å²) in [4.78, 5) is 13.9. The summed E-state index contributed by atoms with van der Waals surface area (Å²) in [5, 5.41) is 4.67. The predicted octanol–water partition coefficient (Wildman–Crippen LogP) is 3.11. The van der Waals surface area contributed by atoms with Gasteiger partial charge < -0.3 is 4.90 Å². The van der Waals surface area contributed by atoms with Crippen molar-refractivity contribution in [2.24, 2.45) is 7.05 Å². The fourth-order valence-electron chi connectivity index (χ4n) is 1.75. The van der Waals surface area contributed by atoms with Gasteiger partial charge in [0.05, 0.1) is 11.2 Å². The van der Waals surface area contributed by atoms with E-state index >= 15 is 0 Å². The Morgan fingerprint density at radius 2 is 2.26 bits per heavy atom. The quantitative estimate of drug-likeness (QED) is 0.859. The molecule has 0 saturated heterocycles. The van der Waals surface area contributed by atoms with Crippen LogP contribution in [0.3, 0.4) is 0 Å². The van der Waals surface area contributed by atoms with Gasteiger partial charge >= 0.3 is 0 Å². The van der Waals surface area contributed by atoms with Gasteiger partial charge in [0.15, 0.2) is 0 Å². The number of benzene rings is 1. The molecule has 4 nitrogen and oxygen atoms in total. The Labute approximate surface area is 125 Å². The smallest absolute Gasteiger partial charge is 0.253 e. The zero-order valence-electron chi connectivity index (χ0n) is 10.6. The number of carbonyl (C=O) groups excluding carboxylic acids is 1. The molecule has 1 heterocycles. The number of aromatic nitrogens is 2. The molecular formula is C13H13BrClN3O. The molecular weight excluding hydrogens is 330 g/mol. The summed E-state index contributed by atoms with van der Waals surface area (Å²) in [5.74, 6) is -0.0544. The Hall–Kier alpha value is -1.33. The van der Waals surface area contributed by atoms with Gasteiger partial charge in [-0.2, -0.15) is 5.10 Å². The molecule has 0 saturated carbocycles.